The lowest BCUT2D eigenvalue weighted by atomic mass is 10.2. The molecule has 0 aromatic heterocycles. The number of nitrogens with zero attached hydrogens (tertiary/aromatic N) is 2. The molecule has 1 fully saturated rings. The summed E-state index contributed by atoms with van der Waals surface area (Å²) in [7, 11) is -2.46. The maximum atomic E-state index is 12.3. The van der Waals surface area contributed by atoms with Crippen LogP contribution in [-0.2, 0) is 28.6 Å². The Bertz CT molecular complexity index is 608. The van der Waals surface area contributed by atoms with Crippen LogP contribution >= 0.6 is 0 Å². The van der Waals surface area contributed by atoms with Crippen molar-refractivity contribution in [3.05, 3.63) is 0 Å². The van der Waals surface area contributed by atoms with Gasteiger partial charge in [0.2, 0.25) is 0 Å². The summed E-state index contributed by atoms with van der Waals surface area (Å²) in [6.45, 7) is 6.14. The molecule has 0 aromatic rings. The Morgan fingerprint density at radius 3 is 2.26 bits per heavy atom. The summed E-state index contributed by atoms with van der Waals surface area (Å²) in [6.07, 6.45) is -0.634. The Kier molecular flexibility index (Phi) is 5.42. The molecule has 2 atom stereocenters. The molecule has 132 valence electrons. The first kappa shape index (κ1) is 19.4. The summed E-state index contributed by atoms with van der Waals surface area (Å²) in [4.78, 5) is 38.5. The van der Waals surface area contributed by atoms with Crippen molar-refractivity contribution in [3.8, 4) is 0 Å². The maximum Gasteiger partial charge on any atom is 0.331 e. The van der Waals surface area contributed by atoms with Crippen LogP contribution in [0.2, 0.25) is 0 Å². The van der Waals surface area contributed by atoms with E-state index in [4.69, 9.17) is 4.74 Å². The summed E-state index contributed by atoms with van der Waals surface area (Å²) in [5, 5.41) is 0. The van der Waals surface area contributed by atoms with Gasteiger partial charge in [0.15, 0.2) is 12.1 Å². The Labute approximate surface area is 135 Å². The average molecular weight is 350 g/mol. The van der Waals surface area contributed by atoms with Crippen molar-refractivity contribution in [1.29, 1.82) is 0 Å². The number of imide groups is 1. The molecule has 3 amide bonds. The number of carbonyl (C=O) groups excluding carboxylic acids is 3. The SMILES string of the molecule is C[C@@H](OS(C)(=O)=O)C(=O)N1C(=O)N(C)C[C@H]1C(=O)OC(C)(C)C. The fraction of sp³-hybridized carbons (Fsp3) is 0.769. The van der Waals surface area contributed by atoms with E-state index in [2.05, 4.69) is 4.18 Å². The monoisotopic (exact) mass is 350 g/mol. The molecule has 1 rings (SSSR count). The van der Waals surface area contributed by atoms with Crippen LogP contribution in [0.5, 0.6) is 0 Å². The van der Waals surface area contributed by atoms with Crippen LogP contribution in [0.25, 0.3) is 0 Å². The minimum Gasteiger partial charge on any atom is -0.458 e. The predicted octanol–water partition coefficient (Wildman–Crippen LogP) is -0.0446. The predicted molar refractivity (Wildman–Crippen MR) is 79.9 cm³/mol. The minimum atomic E-state index is -3.88. The van der Waals surface area contributed by atoms with Gasteiger partial charge < -0.3 is 9.64 Å². The minimum absolute atomic E-state index is 0.0366. The smallest absolute Gasteiger partial charge is 0.331 e. The zero-order chi connectivity index (χ0) is 18.2. The van der Waals surface area contributed by atoms with E-state index < -0.39 is 45.8 Å². The van der Waals surface area contributed by atoms with E-state index in [-0.39, 0.29) is 6.54 Å². The molecule has 0 N–H and O–H groups in total. The molecule has 10 heteroatoms. The van der Waals surface area contributed by atoms with Gasteiger partial charge in [0.1, 0.15) is 5.60 Å². The van der Waals surface area contributed by atoms with E-state index in [9.17, 15) is 22.8 Å². The summed E-state index contributed by atoms with van der Waals surface area (Å²) < 4.78 is 32.1. The molecule has 1 saturated heterocycles. The molecule has 0 saturated carbocycles. The van der Waals surface area contributed by atoms with Crippen molar-refractivity contribution in [3.63, 3.8) is 0 Å². The highest BCUT2D eigenvalue weighted by atomic mass is 32.2. The first-order valence-corrected chi connectivity index (χ1v) is 8.74. The van der Waals surface area contributed by atoms with Crippen LogP contribution in [0.4, 0.5) is 4.79 Å². The number of amides is 3. The van der Waals surface area contributed by atoms with Crippen molar-refractivity contribution >= 4 is 28.0 Å². The molecule has 0 bridgehead atoms. The standard InChI is InChI=1S/C13H22N2O7S/c1-8(22-23(6,19)20)10(16)15-9(7-14(5)12(15)18)11(17)21-13(2,3)4/h8-9H,7H2,1-6H3/t8-,9+/m1/s1. The van der Waals surface area contributed by atoms with Gasteiger partial charge >= 0.3 is 12.0 Å². The summed E-state index contributed by atoms with van der Waals surface area (Å²) in [5.41, 5.74) is -0.787. The van der Waals surface area contributed by atoms with Crippen LogP contribution in [0.1, 0.15) is 27.7 Å². The quantitative estimate of drug-likeness (QED) is 0.516. The Balaban J connectivity index is 3.01. The number of rotatable bonds is 4. The zero-order valence-electron chi connectivity index (χ0n) is 14.0. The molecule has 1 heterocycles. The Hall–Kier alpha value is -1.68. The van der Waals surface area contributed by atoms with E-state index in [1.165, 1.54) is 18.9 Å². The molecule has 1 aliphatic rings. The number of hydrogen-bond donors (Lipinski definition) is 0. The van der Waals surface area contributed by atoms with Crippen molar-refractivity contribution < 1.29 is 31.7 Å². The average Bonchev–Trinajstić information content (AvgIpc) is 2.61. The third kappa shape index (κ3) is 5.17. The molecule has 1 aliphatic heterocycles. The lowest BCUT2D eigenvalue weighted by molar-refractivity contribution is -0.162. The molecular weight excluding hydrogens is 328 g/mol. The van der Waals surface area contributed by atoms with Gasteiger partial charge in [0.25, 0.3) is 16.0 Å². The normalized spacial score (nSPS) is 20.6. The number of carbonyl (C=O) groups is 3. The number of esters is 1. The van der Waals surface area contributed by atoms with Gasteiger partial charge in [-0.2, -0.15) is 8.42 Å². The zero-order valence-corrected chi connectivity index (χ0v) is 14.8. The first-order valence-electron chi connectivity index (χ1n) is 6.92. The van der Waals surface area contributed by atoms with E-state index >= 15 is 0 Å². The third-order valence-electron chi connectivity index (χ3n) is 2.87. The molecule has 0 spiro atoms. The van der Waals surface area contributed by atoms with Gasteiger partial charge in [-0.1, -0.05) is 0 Å². The molecule has 0 unspecified atom stereocenters. The second-order valence-corrected chi connectivity index (χ2v) is 7.96. The first-order chi connectivity index (χ1) is 10.2. The van der Waals surface area contributed by atoms with Gasteiger partial charge in [-0.3, -0.25) is 8.98 Å². The summed E-state index contributed by atoms with van der Waals surface area (Å²) in [6, 6.07) is -1.86. The van der Waals surface area contributed by atoms with Crippen LogP contribution in [0.3, 0.4) is 0 Å². The number of likely N-dealkylation sites (N-methyl/N-ethyl adjacent to an activating group) is 1. The Morgan fingerprint density at radius 1 is 1.30 bits per heavy atom. The van der Waals surface area contributed by atoms with Crippen molar-refractivity contribution in [2.45, 2.75) is 45.4 Å². The maximum absolute atomic E-state index is 12.3. The second kappa shape index (κ2) is 6.44. The number of hydrogen-bond acceptors (Lipinski definition) is 7. The van der Waals surface area contributed by atoms with Crippen LogP contribution in [0.15, 0.2) is 0 Å². The highest BCUT2D eigenvalue weighted by molar-refractivity contribution is 7.86. The fourth-order valence-corrected chi connectivity index (χ4v) is 2.64. The second-order valence-electron chi connectivity index (χ2n) is 6.36. The van der Waals surface area contributed by atoms with E-state index in [1.807, 2.05) is 0 Å². The van der Waals surface area contributed by atoms with Crippen molar-refractivity contribution in [2.24, 2.45) is 0 Å². The topological polar surface area (TPSA) is 110 Å². The van der Waals surface area contributed by atoms with Crippen molar-refractivity contribution in [2.75, 3.05) is 19.8 Å². The molecule has 9 nitrogen and oxygen atoms in total. The van der Waals surface area contributed by atoms with Crippen LogP contribution in [0, 0.1) is 0 Å². The van der Waals surface area contributed by atoms with Gasteiger partial charge in [-0.25, -0.2) is 14.5 Å². The van der Waals surface area contributed by atoms with Crippen LogP contribution in [-0.4, -0.2) is 73.7 Å². The highest BCUT2D eigenvalue weighted by Gasteiger charge is 2.47. The van der Waals surface area contributed by atoms with Gasteiger partial charge in [-0.15, -0.1) is 0 Å². The van der Waals surface area contributed by atoms with Crippen LogP contribution < -0.4 is 0 Å². The molecule has 0 aliphatic carbocycles. The van der Waals surface area contributed by atoms with E-state index in [0.29, 0.717) is 4.90 Å². The third-order valence-corrected chi connectivity index (χ3v) is 3.51. The number of urea groups is 1. The molecule has 0 radical (unpaired) electrons. The lowest BCUT2D eigenvalue weighted by Gasteiger charge is -2.26. The van der Waals surface area contributed by atoms with Gasteiger partial charge in [0, 0.05) is 7.05 Å². The van der Waals surface area contributed by atoms with Gasteiger partial charge in [0.05, 0.1) is 12.8 Å². The van der Waals surface area contributed by atoms with Gasteiger partial charge in [-0.05, 0) is 27.7 Å². The van der Waals surface area contributed by atoms with Crippen molar-refractivity contribution in [1.82, 2.24) is 9.80 Å². The highest BCUT2D eigenvalue weighted by Crippen LogP contribution is 2.20. The lowest BCUT2D eigenvalue weighted by Crippen LogP contribution is -2.50. The molecule has 0 aromatic carbocycles. The summed E-state index contributed by atoms with van der Waals surface area (Å²) in [5.74, 6) is -1.66. The Morgan fingerprint density at radius 2 is 1.83 bits per heavy atom. The molecule has 23 heavy (non-hydrogen) atoms. The largest absolute Gasteiger partial charge is 0.458 e. The molecular formula is C13H22N2O7S. The van der Waals surface area contributed by atoms with E-state index in [1.54, 1.807) is 20.8 Å². The van der Waals surface area contributed by atoms with E-state index in [0.717, 1.165) is 6.26 Å². The fourth-order valence-electron chi connectivity index (χ4n) is 2.03. The summed E-state index contributed by atoms with van der Waals surface area (Å²) >= 11 is 0. The number of ether oxygens (including phenoxy) is 1.